The molecule has 29 heavy (non-hydrogen) atoms. The number of esters is 1. The zero-order valence-electron chi connectivity index (χ0n) is 16.0. The van der Waals surface area contributed by atoms with Crippen LogP contribution in [0.2, 0.25) is 0 Å². The highest BCUT2D eigenvalue weighted by Gasteiger charge is 2.27. The Morgan fingerprint density at radius 2 is 1.55 bits per heavy atom. The molecule has 0 unspecified atom stereocenters. The van der Waals surface area contributed by atoms with Crippen LogP contribution in [0.4, 0.5) is 14.5 Å². The lowest BCUT2D eigenvalue weighted by atomic mass is 10.2. The molecule has 0 aromatic heterocycles. The number of nitrogens with zero attached hydrogens (tertiary/aromatic N) is 2. The SMILES string of the molecule is C[C@H](OC(=O)c1ccc(OC(F)F)cc1)C(=O)N1CCN(c2ccccc2)CC1. The second kappa shape index (κ2) is 9.36. The molecule has 154 valence electrons. The Bertz CT molecular complexity index is 822. The van der Waals surface area contributed by atoms with E-state index in [1.54, 1.807) is 4.90 Å². The highest BCUT2D eigenvalue weighted by Crippen LogP contribution is 2.18. The van der Waals surface area contributed by atoms with Gasteiger partial charge in [0.2, 0.25) is 0 Å². The lowest BCUT2D eigenvalue weighted by Crippen LogP contribution is -2.51. The maximum Gasteiger partial charge on any atom is 0.387 e. The second-order valence-corrected chi connectivity index (χ2v) is 6.60. The van der Waals surface area contributed by atoms with Gasteiger partial charge in [-0.3, -0.25) is 4.79 Å². The van der Waals surface area contributed by atoms with Gasteiger partial charge in [-0.1, -0.05) is 18.2 Å². The summed E-state index contributed by atoms with van der Waals surface area (Å²) < 4.78 is 33.8. The molecule has 0 N–H and O–H groups in total. The van der Waals surface area contributed by atoms with Gasteiger partial charge in [0, 0.05) is 31.9 Å². The Balaban J connectivity index is 1.51. The smallest absolute Gasteiger partial charge is 0.387 e. The largest absolute Gasteiger partial charge is 0.449 e. The van der Waals surface area contributed by atoms with Crippen molar-refractivity contribution in [3.05, 3.63) is 60.2 Å². The van der Waals surface area contributed by atoms with Crippen molar-refractivity contribution >= 4 is 17.6 Å². The van der Waals surface area contributed by atoms with E-state index >= 15 is 0 Å². The summed E-state index contributed by atoms with van der Waals surface area (Å²) in [5.41, 5.74) is 1.26. The average Bonchev–Trinajstić information content (AvgIpc) is 2.74. The third-order valence-corrected chi connectivity index (χ3v) is 4.66. The first-order valence-corrected chi connectivity index (χ1v) is 9.28. The number of piperazine rings is 1. The predicted octanol–water partition coefficient (Wildman–Crippen LogP) is 3.18. The van der Waals surface area contributed by atoms with Gasteiger partial charge in [-0.15, -0.1) is 0 Å². The van der Waals surface area contributed by atoms with E-state index in [0.29, 0.717) is 26.2 Å². The van der Waals surface area contributed by atoms with Crippen LogP contribution in [0.25, 0.3) is 0 Å². The summed E-state index contributed by atoms with van der Waals surface area (Å²) in [7, 11) is 0. The van der Waals surface area contributed by atoms with Crippen molar-refractivity contribution in [3.8, 4) is 5.75 Å². The zero-order chi connectivity index (χ0) is 20.8. The Labute approximate surface area is 167 Å². The minimum absolute atomic E-state index is 0.0584. The molecule has 2 aromatic carbocycles. The number of halogens is 2. The second-order valence-electron chi connectivity index (χ2n) is 6.60. The Morgan fingerprint density at radius 3 is 2.14 bits per heavy atom. The maximum atomic E-state index is 12.6. The molecule has 1 aliphatic heterocycles. The number of hydrogen-bond donors (Lipinski definition) is 0. The molecule has 0 saturated carbocycles. The Hall–Kier alpha value is -3.16. The van der Waals surface area contributed by atoms with Crippen LogP contribution in [0, 0.1) is 0 Å². The number of anilines is 1. The fraction of sp³-hybridized carbons (Fsp3) is 0.333. The van der Waals surface area contributed by atoms with Crippen LogP contribution in [0.15, 0.2) is 54.6 Å². The van der Waals surface area contributed by atoms with Crippen LogP contribution in [0.3, 0.4) is 0 Å². The van der Waals surface area contributed by atoms with Crippen molar-refractivity contribution in [1.82, 2.24) is 4.90 Å². The highest BCUT2D eigenvalue weighted by atomic mass is 19.3. The van der Waals surface area contributed by atoms with Crippen LogP contribution >= 0.6 is 0 Å². The molecule has 1 heterocycles. The summed E-state index contributed by atoms with van der Waals surface area (Å²) in [6.07, 6.45) is -0.942. The molecule has 0 radical (unpaired) electrons. The molecule has 1 amide bonds. The number of carbonyl (C=O) groups is 2. The van der Waals surface area contributed by atoms with Crippen molar-refractivity contribution in [2.45, 2.75) is 19.6 Å². The molecule has 0 spiro atoms. The summed E-state index contributed by atoms with van der Waals surface area (Å²) in [5, 5.41) is 0. The van der Waals surface area contributed by atoms with Crippen LogP contribution in [-0.4, -0.2) is 55.7 Å². The fourth-order valence-electron chi connectivity index (χ4n) is 3.13. The van der Waals surface area contributed by atoms with Gasteiger partial charge in [0.25, 0.3) is 5.91 Å². The van der Waals surface area contributed by atoms with Gasteiger partial charge >= 0.3 is 12.6 Å². The molecule has 1 atom stereocenters. The van der Waals surface area contributed by atoms with Gasteiger partial charge in [0.05, 0.1) is 5.56 Å². The summed E-state index contributed by atoms with van der Waals surface area (Å²) in [4.78, 5) is 28.7. The van der Waals surface area contributed by atoms with E-state index in [-0.39, 0.29) is 17.2 Å². The minimum Gasteiger partial charge on any atom is -0.449 e. The first-order valence-electron chi connectivity index (χ1n) is 9.28. The van der Waals surface area contributed by atoms with Gasteiger partial charge in [0.1, 0.15) is 5.75 Å². The summed E-state index contributed by atoms with van der Waals surface area (Å²) in [6, 6.07) is 15.1. The molecule has 6 nitrogen and oxygen atoms in total. The van der Waals surface area contributed by atoms with E-state index < -0.39 is 18.7 Å². The number of rotatable bonds is 6. The van der Waals surface area contributed by atoms with E-state index in [0.717, 1.165) is 5.69 Å². The molecular formula is C21H22F2N2O4. The van der Waals surface area contributed by atoms with Crippen molar-refractivity contribution in [2.75, 3.05) is 31.1 Å². The van der Waals surface area contributed by atoms with E-state index in [1.807, 2.05) is 30.3 Å². The number of alkyl halides is 2. The predicted molar refractivity (Wildman–Crippen MR) is 103 cm³/mol. The summed E-state index contributed by atoms with van der Waals surface area (Å²) >= 11 is 0. The number of ether oxygens (including phenoxy) is 2. The molecule has 0 bridgehead atoms. The molecule has 0 aliphatic carbocycles. The Kier molecular flexibility index (Phi) is 6.64. The van der Waals surface area contributed by atoms with Crippen LogP contribution in [0.5, 0.6) is 5.75 Å². The lowest BCUT2D eigenvalue weighted by Gasteiger charge is -2.37. The van der Waals surface area contributed by atoms with Gasteiger partial charge in [0.15, 0.2) is 6.10 Å². The first kappa shape index (κ1) is 20.6. The molecule has 1 saturated heterocycles. The van der Waals surface area contributed by atoms with Crippen molar-refractivity contribution in [2.24, 2.45) is 0 Å². The number of para-hydroxylation sites is 1. The monoisotopic (exact) mass is 404 g/mol. The maximum absolute atomic E-state index is 12.6. The Morgan fingerprint density at radius 1 is 0.931 bits per heavy atom. The fourth-order valence-corrected chi connectivity index (χ4v) is 3.13. The highest BCUT2D eigenvalue weighted by molar-refractivity contribution is 5.92. The van der Waals surface area contributed by atoms with E-state index in [9.17, 15) is 18.4 Å². The van der Waals surface area contributed by atoms with Gasteiger partial charge < -0.3 is 19.3 Å². The average molecular weight is 404 g/mol. The van der Waals surface area contributed by atoms with Gasteiger partial charge in [-0.05, 0) is 43.3 Å². The normalized spacial score (nSPS) is 15.2. The number of carbonyl (C=O) groups excluding carboxylic acids is 2. The quantitative estimate of drug-likeness (QED) is 0.692. The lowest BCUT2D eigenvalue weighted by molar-refractivity contribution is -0.140. The number of hydrogen-bond acceptors (Lipinski definition) is 5. The first-order chi connectivity index (χ1) is 13.9. The minimum atomic E-state index is -2.94. The zero-order valence-corrected chi connectivity index (χ0v) is 16.0. The van der Waals surface area contributed by atoms with E-state index in [1.165, 1.54) is 31.2 Å². The molecule has 3 rings (SSSR count). The third-order valence-electron chi connectivity index (χ3n) is 4.66. The third kappa shape index (κ3) is 5.43. The van der Waals surface area contributed by atoms with Crippen LogP contribution < -0.4 is 9.64 Å². The molecule has 8 heteroatoms. The van der Waals surface area contributed by atoms with E-state index in [2.05, 4.69) is 9.64 Å². The van der Waals surface area contributed by atoms with Crippen molar-refractivity contribution in [3.63, 3.8) is 0 Å². The topological polar surface area (TPSA) is 59.1 Å². The van der Waals surface area contributed by atoms with Crippen LogP contribution in [-0.2, 0) is 9.53 Å². The summed E-state index contributed by atoms with van der Waals surface area (Å²) in [5.74, 6) is -1.02. The van der Waals surface area contributed by atoms with Crippen molar-refractivity contribution in [1.29, 1.82) is 0 Å². The van der Waals surface area contributed by atoms with Crippen molar-refractivity contribution < 1.29 is 27.8 Å². The molecule has 1 aliphatic rings. The molecular weight excluding hydrogens is 382 g/mol. The van der Waals surface area contributed by atoms with Gasteiger partial charge in [-0.25, -0.2) is 4.79 Å². The number of amides is 1. The summed E-state index contributed by atoms with van der Waals surface area (Å²) in [6.45, 7) is 1.06. The van der Waals surface area contributed by atoms with Crippen LogP contribution in [0.1, 0.15) is 17.3 Å². The number of benzene rings is 2. The standard InChI is InChI=1S/C21H22F2N2O4/c1-15(28-20(27)16-7-9-18(10-8-16)29-21(22)23)19(26)25-13-11-24(12-14-25)17-5-3-2-4-6-17/h2-10,15,21H,11-14H2,1H3/t15-/m0/s1. The van der Waals surface area contributed by atoms with E-state index in [4.69, 9.17) is 4.74 Å². The van der Waals surface area contributed by atoms with Gasteiger partial charge in [-0.2, -0.15) is 8.78 Å². The molecule has 1 fully saturated rings. The molecule has 2 aromatic rings.